The zero-order chi connectivity index (χ0) is 18.7. The van der Waals surface area contributed by atoms with Gasteiger partial charge in [-0.25, -0.2) is 4.98 Å². The fourth-order valence-corrected chi connectivity index (χ4v) is 4.10. The summed E-state index contributed by atoms with van der Waals surface area (Å²) in [5.41, 5.74) is 1.36. The van der Waals surface area contributed by atoms with Crippen molar-refractivity contribution in [1.29, 1.82) is 0 Å². The monoisotopic (exact) mass is 387 g/mol. The van der Waals surface area contributed by atoms with Crippen molar-refractivity contribution in [1.82, 2.24) is 14.9 Å². The summed E-state index contributed by atoms with van der Waals surface area (Å²) in [6.07, 6.45) is 0. The maximum atomic E-state index is 12.9. The molecule has 0 atom stereocenters. The molecule has 1 amide bonds. The van der Waals surface area contributed by atoms with Gasteiger partial charge in [-0.05, 0) is 37.8 Å². The zero-order valence-electron chi connectivity index (χ0n) is 15.0. The van der Waals surface area contributed by atoms with Crippen LogP contribution in [-0.2, 0) is 11.3 Å². The number of hydrogen-bond donors (Lipinski definition) is 1. The molecule has 0 aliphatic heterocycles. The molecule has 0 unspecified atom stereocenters. The van der Waals surface area contributed by atoms with E-state index in [-0.39, 0.29) is 22.8 Å². The summed E-state index contributed by atoms with van der Waals surface area (Å²) in [6.45, 7) is 6.26. The minimum absolute atomic E-state index is 0.0624. The van der Waals surface area contributed by atoms with Crippen molar-refractivity contribution in [2.24, 2.45) is 0 Å². The molecule has 136 valence electrons. The van der Waals surface area contributed by atoms with Gasteiger partial charge in [-0.15, -0.1) is 11.3 Å². The van der Waals surface area contributed by atoms with E-state index in [0.29, 0.717) is 21.9 Å². The van der Waals surface area contributed by atoms with Gasteiger partial charge < -0.3 is 5.32 Å². The van der Waals surface area contributed by atoms with Crippen molar-refractivity contribution in [3.63, 3.8) is 0 Å². The van der Waals surface area contributed by atoms with Gasteiger partial charge in [-0.3, -0.25) is 14.2 Å². The van der Waals surface area contributed by atoms with Gasteiger partial charge in [0.2, 0.25) is 5.91 Å². The first kappa shape index (κ1) is 18.7. The molecule has 0 aliphatic rings. The topological polar surface area (TPSA) is 64.0 Å². The van der Waals surface area contributed by atoms with E-state index in [1.165, 1.54) is 23.1 Å². The summed E-state index contributed by atoms with van der Waals surface area (Å²) >= 11 is 2.69. The number of carbonyl (C=O) groups excluding carboxylic acids is 1. The Hall–Kier alpha value is -2.12. The summed E-state index contributed by atoms with van der Waals surface area (Å²) in [4.78, 5) is 29.7. The van der Waals surface area contributed by atoms with Gasteiger partial charge in [-0.1, -0.05) is 42.1 Å². The Morgan fingerprint density at radius 3 is 2.65 bits per heavy atom. The Morgan fingerprint density at radius 2 is 1.96 bits per heavy atom. The van der Waals surface area contributed by atoms with Crippen LogP contribution in [0.25, 0.3) is 10.2 Å². The van der Waals surface area contributed by atoms with E-state index >= 15 is 0 Å². The van der Waals surface area contributed by atoms with E-state index in [4.69, 9.17) is 0 Å². The van der Waals surface area contributed by atoms with Crippen LogP contribution in [0, 0.1) is 0 Å². The molecule has 1 aromatic carbocycles. The lowest BCUT2D eigenvalue weighted by molar-refractivity contribution is -0.119. The largest absolute Gasteiger partial charge is 0.351 e. The molecule has 26 heavy (non-hydrogen) atoms. The Kier molecular flexibility index (Phi) is 5.48. The summed E-state index contributed by atoms with van der Waals surface area (Å²) in [6, 6.07) is 11.6. The third kappa shape index (κ3) is 4.53. The lowest BCUT2D eigenvalue weighted by atomic mass is 10.1. The smallest absolute Gasteiger partial charge is 0.272 e. The number of benzene rings is 1. The molecule has 2 aromatic heterocycles. The van der Waals surface area contributed by atoms with Crippen LogP contribution < -0.4 is 10.9 Å². The van der Waals surface area contributed by atoms with E-state index in [1.807, 2.05) is 62.5 Å². The molecule has 3 aromatic rings. The number of thiophene rings is 1. The maximum absolute atomic E-state index is 12.9. The second-order valence-corrected chi connectivity index (χ2v) is 8.85. The Balaban J connectivity index is 1.91. The first-order valence-corrected chi connectivity index (χ1v) is 10.2. The molecule has 0 fully saturated rings. The number of fused-ring (bicyclic) bond motifs is 1. The number of thioether (sulfide) groups is 1. The summed E-state index contributed by atoms with van der Waals surface area (Å²) in [7, 11) is 0. The third-order valence-corrected chi connectivity index (χ3v) is 5.43. The minimum atomic E-state index is -0.286. The van der Waals surface area contributed by atoms with E-state index in [9.17, 15) is 9.59 Å². The van der Waals surface area contributed by atoms with E-state index in [0.717, 1.165) is 5.56 Å². The average Bonchev–Trinajstić information content (AvgIpc) is 3.04. The molecule has 0 bridgehead atoms. The Morgan fingerprint density at radius 1 is 1.23 bits per heavy atom. The summed E-state index contributed by atoms with van der Waals surface area (Å²) < 4.78 is 2.30. The Labute approximate surface area is 160 Å². The van der Waals surface area contributed by atoms with Crippen LogP contribution in [0.2, 0.25) is 0 Å². The van der Waals surface area contributed by atoms with Gasteiger partial charge in [-0.2, -0.15) is 0 Å². The first-order chi connectivity index (χ1) is 12.3. The van der Waals surface area contributed by atoms with Gasteiger partial charge in [0.1, 0.15) is 4.70 Å². The zero-order valence-corrected chi connectivity index (χ0v) is 16.6. The molecule has 0 spiro atoms. The number of amides is 1. The van der Waals surface area contributed by atoms with Crippen molar-refractivity contribution in [3.8, 4) is 0 Å². The highest BCUT2D eigenvalue weighted by Gasteiger charge is 2.17. The van der Waals surface area contributed by atoms with Crippen LogP contribution >= 0.6 is 23.1 Å². The first-order valence-electron chi connectivity index (χ1n) is 8.29. The highest BCUT2D eigenvalue weighted by molar-refractivity contribution is 7.99. The van der Waals surface area contributed by atoms with Crippen LogP contribution in [0.5, 0.6) is 0 Å². The van der Waals surface area contributed by atoms with Crippen LogP contribution in [-0.4, -0.2) is 26.8 Å². The molecular weight excluding hydrogens is 366 g/mol. The van der Waals surface area contributed by atoms with E-state index in [2.05, 4.69) is 10.3 Å². The predicted molar refractivity (Wildman–Crippen MR) is 108 cm³/mol. The molecule has 7 heteroatoms. The van der Waals surface area contributed by atoms with Crippen LogP contribution in [0.1, 0.15) is 26.3 Å². The molecule has 1 N–H and O–H groups in total. The van der Waals surface area contributed by atoms with E-state index < -0.39 is 0 Å². The second-order valence-electron chi connectivity index (χ2n) is 6.99. The fraction of sp³-hybridized carbons (Fsp3) is 0.316. The quantitative estimate of drug-likeness (QED) is 0.537. The van der Waals surface area contributed by atoms with Crippen LogP contribution in [0.15, 0.2) is 51.7 Å². The van der Waals surface area contributed by atoms with Gasteiger partial charge in [0.05, 0.1) is 17.8 Å². The highest BCUT2D eigenvalue weighted by Crippen LogP contribution is 2.21. The van der Waals surface area contributed by atoms with Crippen LogP contribution in [0.3, 0.4) is 0 Å². The highest BCUT2D eigenvalue weighted by atomic mass is 32.2. The van der Waals surface area contributed by atoms with Gasteiger partial charge in [0.25, 0.3) is 5.56 Å². The van der Waals surface area contributed by atoms with Gasteiger partial charge >= 0.3 is 0 Å². The van der Waals surface area contributed by atoms with Crippen molar-refractivity contribution in [2.45, 2.75) is 38.0 Å². The molecule has 0 aliphatic carbocycles. The number of rotatable bonds is 5. The predicted octanol–water partition coefficient (Wildman–Crippen LogP) is 3.51. The molecule has 2 heterocycles. The van der Waals surface area contributed by atoms with Gasteiger partial charge in [0, 0.05) is 5.54 Å². The maximum Gasteiger partial charge on any atom is 0.272 e. The minimum Gasteiger partial charge on any atom is -0.351 e. The number of hydrogen-bond acceptors (Lipinski definition) is 5. The van der Waals surface area contributed by atoms with Crippen molar-refractivity contribution in [3.05, 3.63) is 57.7 Å². The number of aromatic nitrogens is 2. The van der Waals surface area contributed by atoms with Gasteiger partial charge in [0.15, 0.2) is 5.16 Å². The number of nitrogens with one attached hydrogen (secondary N) is 1. The lowest BCUT2D eigenvalue weighted by Gasteiger charge is -2.20. The molecule has 0 saturated carbocycles. The number of carbonyl (C=O) groups is 1. The Bertz CT molecular complexity index is 972. The summed E-state index contributed by atoms with van der Waals surface area (Å²) in [5.74, 6) is 0.141. The van der Waals surface area contributed by atoms with Crippen molar-refractivity contribution < 1.29 is 4.79 Å². The second kappa shape index (κ2) is 7.63. The molecule has 5 nitrogen and oxygen atoms in total. The SMILES string of the molecule is CC(C)(C)NC(=O)CSc1nc2ccsc2c(=O)n1Cc1ccccc1. The molecular formula is C19H21N3O2S2. The number of nitrogens with zero attached hydrogens (tertiary/aromatic N) is 2. The van der Waals surface area contributed by atoms with E-state index in [1.54, 1.807) is 4.57 Å². The molecule has 0 saturated heterocycles. The molecule has 0 radical (unpaired) electrons. The fourth-order valence-electron chi connectivity index (χ4n) is 2.52. The standard InChI is InChI=1S/C19H21N3O2S2/c1-19(2,3)21-15(23)12-26-18-20-14-9-10-25-16(14)17(24)22(18)11-13-7-5-4-6-8-13/h4-10H,11-12H2,1-3H3,(H,21,23). The van der Waals surface area contributed by atoms with Crippen LogP contribution in [0.4, 0.5) is 0 Å². The van der Waals surface area contributed by atoms with Crippen molar-refractivity contribution >= 4 is 39.2 Å². The summed E-state index contributed by atoms with van der Waals surface area (Å²) in [5, 5.41) is 5.36. The van der Waals surface area contributed by atoms with Crippen molar-refractivity contribution in [2.75, 3.05) is 5.75 Å². The normalized spacial score (nSPS) is 11.7. The third-order valence-electron chi connectivity index (χ3n) is 3.56. The molecule has 3 rings (SSSR count). The average molecular weight is 388 g/mol. The lowest BCUT2D eigenvalue weighted by Crippen LogP contribution is -2.41.